The lowest BCUT2D eigenvalue weighted by Crippen LogP contribution is -2.50. The van der Waals surface area contributed by atoms with Crippen LogP contribution in [0.4, 0.5) is 23.7 Å². The number of nitrogens with two attached hydrogens (primary N) is 1. The molecule has 46 heavy (non-hydrogen) atoms. The highest BCUT2D eigenvalue weighted by molar-refractivity contribution is 5.96. The second-order valence-corrected chi connectivity index (χ2v) is 11.6. The smallest absolute Gasteiger partial charge is 0.407 e. The van der Waals surface area contributed by atoms with E-state index < -0.39 is 41.4 Å². The Hall–Kier alpha value is -3.97. The number of hydrogen-bond donors (Lipinski definition) is 4. The molecular formula is C34H39F3N4O5. The molecule has 3 aromatic rings. The molecule has 2 saturated heterocycles. The first-order valence-corrected chi connectivity index (χ1v) is 15.5. The second kappa shape index (κ2) is 16.0. The van der Waals surface area contributed by atoms with Gasteiger partial charge in [-0.2, -0.15) is 0 Å². The first-order valence-electron chi connectivity index (χ1n) is 15.5. The molecule has 9 nitrogen and oxygen atoms in total. The monoisotopic (exact) mass is 640 g/mol. The number of morpholine rings is 1. The topological polar surface area (TPSA) is 124 Å². The van der Waals surface area contributed by atoms with E-state index in [2.05, 4.69) is 16.0 Å². The summed E-state index contributed by atoms with van der Waals surface area (Å²) in [6, 6.07) is 14.2. The van der Waals surface area contributed by atoms with Crippen molar-refractivity contribution in [3.8, 4) is 0 Å². The highest BCUT2D eigenvalue weighted by Crippen LogP contribution is 2.30. The Morgan fingerprint density at radius 3 is 2.28 bits per heavy atom. The van der Waals surface area contributed by atoms with Crippen molar-refractivity contribution in [3.63, 3.8) is 0 Å². The van der Waals surface area contributed by atoms with Gasteiger partial charge in [-0.3, -0.25) is 4.79 Å². The fraction of sp³-hybridized carbons (Fsp3) is 0.412. The average molecular weight is 641 g/mol. The molecule has 0 aromatic heterocycles. The lowest BCUT2D eigenvalue weighted by Gasteiger charge is -2.30. The van der Waals surface area contributed by atoms with E-state index in [0.717, 1.165) is 12.8 Å². The Labute approximate surface area is 266 Å². The van der Waals surface area contributed by atoms with E-state index in [1.807, 2.05) is 0 Å². The minimum Gasteiger partial charge on any atom is -0.448 e. The Bertz CT molecular complexity index is 1400. The fourth-order valence-corrected chi connectivity index (χ4v) is 5.75. The molecule has 5 N–H and O–H groups in total. The SMILES string of the molecule is NC(C(=O)Nc1cccc(F)c1CC[C@@H]1CN[C@H](COC(=O)NC2CCCOC2)CO1)C(c1ccc(F)cc1)c1ccc(F)cc1. The molecule has 2 amide bonds. The summed E-state index contributed by atoms with van der Waals surface area (Å²) in [7, 11) is 0. The van der Waals surface area contributed by atoms with Gasteiger partial charge in [0.2, 0.25) is 5.91 Å². The number of nitrogens with one attached hydrogen (secondary N) is 3. The van der Waals surface area contributed by atoms with Crippen LogP contribution in [-0.4, -0.2) is 69.2 Å². The van der Waals surface area contributed by atoms with Gasteiger partial charge in [0, 0.05) is 30.3 Å². The van der Waals surface area contributed by atoms with E-state index in [4.69, 9.17) is 19.9 Å². The van der Waals surface area contributed by atoms with Crippen LogP contribution in [0.5, 0.6) is 0 Å². The number of benzene rings is 3. The van der Waals surface area contributed by atoms with Gasteiger partial charge in [0.1, 0.15) is 24.1 Å². The number of halogens is 3. The molecule has 4 atom stereocenters. The van der Waals surface area contributed by atoms with E-state index in [0.29, 0.717) is 49.5 Å². The quantitative estimate of drug-likeness (QED) is 0.245. The molecule has 0 saturated carbocycles. The van der Waals surface area contributed by atoms with E-state index in [1.54, 1.807) is 6.07 Å². The summed E-state index contributed by atoms with van der Waals surface area (Å²) >= 11 is 0. The Morgan fingerprint density at radius 2 is 1.67 bits per heavy atom. The van der Waals surface area contributed by atoms with Crippen molar-refractivity contribution >= 4 is 17.7 Å². The summed E-state index contributed by atoms with van der Waals surface area (Å²) in [5, 5.41) is 8.89. The van der Waals surface area contributed by atoms with Crippen LogP contribution in [0.25, 0.3) is 0 Å². The minimum absolute atomic E-state index is 0.0453. The number of anilines is 1. The predicted octanol–water partition coefficient (Wildman–Crippen LogP) is 4.40. The van der Waals surface area contributed by atoms with Gasteiger partial charge in [0.25, 0.3) is 0 Å². The number of ether oxygens (including phenoxy) is 3. The van der Waals surface area contributed by atoms with Crippen molar-refractivity contribution in [1.82, 2.24) is 10.6 Å². The summed E-state index contributed by atoms with van der Waals surface area (Å²) in [5.74, 6) is -2.67. The largest absolute Gasteiger partial charge is 0.448 e. The van der Waals surface area contributed by atoms with Crippen LogP contribution in [0.15, 0.2) is 66.7 Å². The maximum atomic E-state index is 15.1. The lowest BCUT2D eigenvalue weighted by molar-refractivity contribution is -0.117. The van der Waals surface area contributed by atoms with Crippen molar-refractivity contribution in [2.24, 2.45) is 5.73 Å². The van der Waals surface area contributed by atoms with Crippen LogP contribution in [0.1, 0.15) is 41.9 Å². The zero-order chi connectivity index (χ0) is 32.5. The molecule has 246 valence electrons. The summed E-state index contributed by atoms with van der Waals surface area (Å²) in [6.45, 7) is 2.12. The van der Waals surface area contributed by atoms with Gasteiger partial charge in [-0.15, -0.1) is 0 Å². The number of alkyl carbamates (subject to hydrolysis) is 1. The molecule has 0 spiro atoms. The first kappa shape index (κ1) is 33.4. The highest BCUT2D eigenvalue weighted by Gasteiger charge is 2.29. The summed E-state index contributed by atoms with van der Waals surface area (Å²) < 4.78 is 59.0. The predicted molar refractivity (Wildman–Crippen MR) is 166 cm³/mol. The van der Waals surface area contributed by atoms with E-state index in [9.17, 15) is 18.4 Å². The lowest BCUT2D eigenvalue weighted by atomic mass is 9.85. The molecule has 2 unspecified atom stereocenters. The van der Waals surface area contributed by atoms with Crippen molar-refractivity contribution in [2.45, 2.75) is 55.8 Å². The maximum Gasteiger partial charge on any atom is 0.407 e. The maximum absolute atomic E-state index is 15.1. The van der Waals surface area contributed by atoms with E-state index in [-0.39, 0.29) is 36.9 Å². The van der Waals surface area contributed by atoms with Crippen LogP contribution in [0.3, 0.4) is 0 Å². The summed E-state index contributed by atoms with van der Waals surface area (Å²) in [5.41, 5.74) is 8.19. The number of rotatable bonds is 11. The number of amides is 2. The van der Waals surface area contributed by atoms with Gasteiger partial charge in [0.05, 0.1) is 37.4 Å². The van der Waals surface area contributed by atoms with Crippen LogP contribution in [0, 0.1) is 17.5 Å². The molecule has 2 aliphatic rings. The van der Waals surface area contributed by atoms with Gasteiger partial charge in [-0.05, 0) is 73.2 Å². The summed E-state index contributed by atoms with van der Waals surface area (Å²) in [4.78, 5) is 25.6. The van der Waals surface area contributed by atoms with Gasteiger partial charge in [-0.1, -0.05) is 30.3 Å². The van der Waals surface area contributed by atoms with Crippen LogP contribution in [-0.2, 0) is 25.4 Å². The Kier molecular flexibility index (Phi) is 11.6. The van der Waals surface area contributed by atoms with Crippen LogP contribution < -0.4 is 21.7 Å². The van der Waals surface area contributed by atoms with E-state index in [1.165, 1.54) is 60.7 Å². The van der Waals surface area contributed by atoms with Gasteiger partial charge < -0.3 is 35.9 Å². The van der Waals surface area contributed by atoms with Crippen molar-refractivity contribution in [1.29, 1.82) is 0 Å². The zero-order valence-electron chi connectivity index (χ0n) is 25.4. The Balaban J connectivity index is 1.16. The minimum atomic E-state index is -1.16. The normalized spacial score (nSPS) is 20.6. The molecule has 0 bridgehead atoms. The van der Waals surface area contributed by atoms with Gasteiger partial charge in [-0.25, -0.2) is 18.0 Å². The third kappa shape index (κ3) is 9.06. The van der Waals surface area contributed by atoms with E-state index >= 15 is 4.39 Å². The highest BCUT2D eigenvalue weighted by atomic mass is 19.1. The standard InChI is InChI=1S/C34H39F3N4O5/c35-23-10-6-21(7-11-23)31(22-8-12-24(36)13-9-22)32(38)33(42)41-30-5-1-4-29(37)28(30)15-14-27-17-39-26(19-45-27)20-46-34(43)40-25-3-2-16-44-18-25/h1,4-13,25-27,31-32,39H,2-3,14-20,38H2,(H,40,43)(H,41,42)/t25?,26-,27+,32?/m0/s1. The van der Waals surface area contributed by atoms with Crippen molar-refractivity contribution < 1.29 is 37.0 Å². The molecule has 12 heteroatoms. The number of hydrogen-bond acceptors (Lipinski definition) is 7. The number of carbonyl (C=O) groups excluding carboxylic acids is 2. The zero-order valence-corrected chi connectivity index (χ0v) is 25.4. The second-order valence-electron chi connectivity index (χ2n) is 11.6. The van der Waals surface area contributed by atoms with Crippen LogP contribution in [0.2, 0.25) is 0 Å². The van der Waals surface area contributed by atoms with Gasteiger partial charge >= 0.3 is 6.09 Å². The van der Waals surface area contributed by atoms with Gasteiger partial charge in [0.15, 0.2) is 0 Å². The van der Waals surface area contributed by atoms with Crippen LogP contribution >= 0.6 is 0 Å². The molecule has 2 aliphatic heterocycles. The molecule has 3 aromatic carbocycles. The third-order valence-corrected chi connectivity index (χ3v) is 8.28. The Morgan fingerprint density at radius 1 is 0.978 bits per heavy atom. The first-order chi connectivity index (χ1) is 22.3. The molecule has 5 rings (SSSR count). The molecule has 2 fully saturated rings. The van der Waals surface area contributed by atoms with Crippen molar-refractivity contribution in [2.75, 3.05) is 38.3 Å². The summed E-state index contributed by atoms with van der Waals surface area (Å²) in [6.07, 6.45) is 1.77. The molecule has 0 aliphatic carbocycles. The third-order valence-electron chi connectivity index (χ3n) is 8.28. The molecule has 0 radical (unpaired) electrons. The number of carbonyl (C=O) groups is 2. The van der Waals surface area contributed by atoms with Crippen molar-refractivity contribution in [3.05, 3.63) is 101 Å². The fourth-order valence-electron chi connectivity index (χ4n) is 5.75. The average Bonchev–Trinajstić information content (AvgIpc) is 3.06. The molecule has 2 heterocycles. The molecular weight excluding hydrogens is 601 g/mol.